The van der Waals surface area contributed by atoms with E-state index in [1.165, 1.54) is 33.2 Å². The van der Waals surface area contributed by atoms with Crippen molar-refractivity contribution in [2.45, 2.75) is 44.9 Å². The Balaban J connectivity index is 1.56. The van der Waals surface area contributed by atoms with E-state index in [4.69, 9.17) is 16.3 Å². The highest BCUT2D eigenvalue weighted by Crippen LogP contribution is 2.26. The fraction of sp³-hybridized carbons (Fsp3) is 0.409. The van der Waals surface area contributed by atoms with Crippen LogP contribution in [0.4, 0.5) is 10.1 Å². The van der Waals surface area contributed by atoms with Crippen molar-refractivity contribution in [1.29, 1.82) is 0 Å². The van der Waals surface area contributed by atoms with Crippen LogP contribution in [0.15, 0.2) is 35.7 Å². The summed E-state index contributed by atoms with van der Waals surface area (Å²) in [5.74, 6) is -1.01. The van der Waals surface area contributed by atoms with E-state index in [9.17, 15) is 14.0 Å². The summed E-state index contributed by atoms with van der Waals surface area (Å²) in [6.45, 7) is 2.57. The Bertz CT molecular complexity index is 1140. The number of ether oxygens (including phenoxy) is 1. The van der Waals surface area contributed by atoms with Gasteiger partial charge < -0.3 is 10.1 Å². The first-order valence-electron chi connectivity index (χ1n) is 10.9. The average molecular weight is 507 g/mol. The van der Waals surface area contributed by atoms with Gasteiger partial charge in [-0.2, -0.15) is 4.80 Å². The van der Waals surface area contributed by atoms with Gasteiger partial charge in [0.2, 0.25) is 11.7 Å². The van der Waals surface area contributed by atoms with Gasteiger partial charge in [-0.25, -0.2) is 4.39 Å². The quantitative estimate of drug-likeness (QED) is 0.477. The number of benzene rings is 1. The Morgan fingerprint density at radius 3 is 2.94 bits per heavy atom. The van der Waals surface area contributed by atoms with Gasteiger partial charge in [-0.1, -0.05) is 24.6 Å². The largest absolute Gasteiger partial charge is 0.376 e. The van der Waals surface area contributed by atoms with Crippen LogP contribution in [0.2, 0.25) is 5.02 Å². The van der Waals surface area contributed by atoms with Crippen LogP contribution in [-0.2, 0) is 20.9 Å². The fourth-order valence-corrected chi connectivity index (χ4v) is 4.59. The molecule has 4 rings (SSSR count). The van der Waals surface area contributed by atoms with Gasteiger partial charge in [0.1, 0.15) is 18.4 Å². The number of amides is 2. The Labute approximate surface area is 204 Å². The zero-order valence-electron chi connectivity index (χ0n) is 18.5. The molecule has 0 radical (unpaired) electrons. The number of carbonyl (C=O) groups is 2. The second-order valence-corrected chi connectivity index (χ2v) is 9.14. The van der Waals surface area contributed by atoms with E-state index in [0.29, 0.717) is 31.1 Å². The highest BCUT2D eigenvalue weighted by molar-refractivity contribution is 7.13. The van der Waals surface area contributed by atoms with Crippen molar-refractivity contribution in [1.82, 2.24) is 25.5 Å². The lowest BCUT2D eigenvalue weighted by Crippen LogP contribution is -2.51. The number of nitrogens with one attached hydrogen (secondary N) is 1. The van der Waals surface area contributed by atoms with Crippen LogP contribution in [0, 0.1) is 5.82 Å². The number of carbonyl (C=O) groups excluding carboxylic acids is 2. The number of halogens is 2. The molecule has 0 unspecified atom stereocenters. The molecule has 0 saturated carbocycles. The minimum absolute atomic E-state index is 0.0408. The van der Waals surface area contributed by atoms with Gasteiger partial charge in [-0.3, -0.25) is 14.5 Å². The number of tetrazole rings is 1. The summed E-state index contributed by atoms with van der Waals surface area (Å²) in [6.07, 6.45) is 2.11. The van der Waals surface area contributed by atoms with Crippen molar-refractivity contribution in [3.05, 3.63) is 46.6 Å². The molecule has 3 heterocycles. The first-order chi connectivity index (χ1) is 16.5. The number of hydrogen-bond acceptors (Lipinski definition) is 7. The number of aromatic nitrogens is 4. The van der Waals surface area contributed by atoms with Crippen LogP contribution in [-0.4, -0.2) is 57.3 Å². The summed E-state index contributed by atoms with van der Waals surface area (Å²) in [5.41, 5.74) is 0.300. The summed E-state index contributed by atoms with van der Waals surface area (Å²) in [4.78, 5) is 29.8. The summed E-state index contributed by atoms with van der Waals surface area (Å²) in [7, 11) is 0. The van der Waals surface area contributed by atoms with E-state index in [2.05, 4.69) is 20.7 Å². The van der Waals surface area contributed by atoms with E-state index < -0.39 is 17.8 Å². The molecular weight excluding hydrogens is 483 g/mol. The molecule has 1 aliphatic heterocycles. The Morgan fingerprint density at radius 2 is 2.26 bits per heavy atom. The zero-order valence-corrected chi connectivity index (χ0v) is 20.1. The monoisotopic (exact) mass is 506 g/mol. The maximum atomic E-state index is 13.8. The van der Waals surface area contributed by atoms with Crippen LogP contribution in [0.5, 0.6) is 0 Å². The summed E-state index contributed by atoms with van der Waals surface area (Å²) in [6, 6.07) is 6.78. The number of nitrogens with zero attached hydrogens (tertiary/aromatic N) is 5. The fourth-order valence-electron chi connectivity index (χ4n) is 3.77. The lowest BCUT2D eigenvalue weighted by molar-refractivity contribution is -0.127. The van der Waals surface area contributed by atoms with Crippen LogP contribution < -0.4 is 10.2 Å². The predicted octanol–water partition coefficient (Wildman–Crippen LogP) is 3.30. The predicted molar refractivity (Wildman–Crippen MR) is 126 cm³/mol. The molecule has 2 atom stereocenters. The number of thiophene rings is 1. The van der Waals surface area contributed by atoms with Gasteiger partial charge in [0.05, 0.1) is 16.0 Å². The minimum Gasteiger partial charge on any atom is -0.376 e. The number of rotatable bonds is 9. The van der Waals surface area contributed by atoms with Gasteiger partial charge in [-0.05, 0) is 54.1 Å². The lowest BCUT2D eigenvalue weighted by Gasteiger charge is -2.30. The normalized spacial score (nSPS) is 16.4. The standard InChI is InChI=1S/C22H24ClFN6O3S/c1-2-18(22(32)25-12-15-5-3-9-33-15)30(14-7-8-17(24)16(23)11-14)20(31)13-29-27-21(26-28-29)19-6-4-10-34-19/h4,6-8,10-11,15,18H,2-3,5,9,12-13H2,1H3,(H,25,32)/t15-,18-/m0/s1. The second kappa shape index (κ2) is 11.0. The summed E-state index contributed by atoms with van der Waals surface area (Å²) < 4.78 is 19.4. The molecule has 1 N–H and O–H groups in total. The smallest absolute Gasteiger partial charge is 0.251 e. The average Bonchev–Trinajstić information content (AvgIpc) is 3.60. The van der Waals surface area contributed by atoms with Gasteiger partial charge in [0.15, 0.2) is 0 Å². The molecule has 12 heteroatoms. The molecular formula is C22H24ClFN6O3S. The summed E-state index contributed by atoms with van der Waals surface area (Å²) in [5, 5.41) is 16.9. The van der Waals surface area contributed by atoms with Crippen molar-refractivity contribution in [2.24, 2.45) is 0 Å². The van der Waals surface area contributed by atoms with E-state index in [-0.39, 0.29) is 23.6 Å². The van der Waals surface area contributed by atoms with Gasteiger partial charge in [0.25, 0.3) is 5.91 Å². The molecule has 0 bridgehead atoms. The Kier molecular flexibility index (Phi) is 7.86. The third-order valence-electron chi connectivity index (χ3n) is 5.45. The van der Waals surface area contributed by atoms with Crippen molar-refractivity contribution in [3.63, 3.8) is 0 Å². The molecule has 1 aliphatic rings. The van der Waals surface area contributed by atoms with Crippen LogP contribution in [0.1, 0.15) is 26.2 Å². The molecule has 2 amide bonds. The van der Waals surface area contributed by atoms with Gasteiger partial charge >= 0.3 is 0 Å². The molecule has 1 saturated heterocycles. The maximum Gasteiger partial charge on any atom is 0.251 e. The highest BCUT2D eigenvalue weighted by Gasteiger charge is 2.31. The van der Waals surface area contributed by atoms with Crippen LogP contribution in [0.25, 0.3) is 10.7 Å². The maximum absolute atomic E-state index is 13.8. The topological polar surface area (TPSA) is 102 Å². The first kappa shape index (κ1) is 24.2. The molecule has 1 fully saturated rings. The van der Waals surface area contributed by atoms with Crippen molar-refractivity contribution in [2.75, 3.05) is 18.1 Å². The van der Waals surface area contributed by atoms with Crippen molar-refractivity contribution in [3.8, 4) is 10.7 Å². The Morgan fingerprint density at radius 1 is 1.41 bits per heavy atom. The van der Waals surface area contributed by atoms with E-state index in [0.717, 1.165) is 23.8 Å². The van der Waals surface area contributed by atoms with Crippen LogP contribution >= 0.6 is 22.9 Å². The zero-order chi connectivity index (χ0) is 24.1. The number of hydrogen-bond donors (Lipinski definition) is 1. The molecule has 0 spiro atoms. The number of anilines is 1. The van der Waals surface area contributed by atoms with Crippen molar-refractivity contribution >= 4 is 40.4 Å². The highest BCUT2D eigenvalue weighted by atomic mass is 35.5. The Hall–Kier alpha value is -2.89. The first-order valence-corrected chi connectivity index (χ1v) is 12.2. The SMILES string of the molecule is CC[C@@H](C(=O)NC[C@@H]1CCCO1)N(C(=O)Cn1nnc(-c2cccs2)n1)c1ccc(F)c(Cl)c1. The van der Waals surface area contributed by atoms with Crippen LogP contribution in [0.3, 0.4) is 0 Å². The van der Waals surface area contributed by atoms with Gasteiger partial charge in [0, 0.05) is 18.8 Å². The molecule has 3 aromatic rings. The molecule has 9 nitrogen and oxygen atoms in total. The molecule has 34 heavy (non-hydrogen) atoms. The minimum atomic E-state index is -0.851. The van der Waals surface area contributed by atoms with E-state index >= 15 is 0 Å². The molecule has 180 valence electrons. The third kappa shape index (κ3) is 5.60. The van der Waals surface area contributed by atoms with Gasteiger partial charge in [-0.15, -0.1) is 21.5 Å². The van der Waals surface area contributed by atoms with E-state index in [1.807, 2.05) is 17.5 Å². The molecule has 0 aliphatic carbocycles. The van der Waals surface area contributed by atoms with E-state index in [1.54, 1.807) is 6.92 Å². The second-order valence-electron chi connectivity index (χ2n) is 7.79. The lowest BCUT2D eigenvalue weighted by atomic mass is 10.1. The van der Waals surface area contributed by atoms with Crippen molar-refractivity contribution < 1.29 is 18.7 Å². The third-order valence-corrected chi connectivity index (χ3v) is 6.61. The summed E-state index contributed by atoms with van der Waals surface area (Å²) >= 11 is 7.44. The molecule has 1 aromatic carbocycles. The molecule has 2 aromatic heterocycles.